The van der Waals surface area contributed by atoms with Gasteiger partial charge in [0.15, 0.2) is 0 Å². The van der Waals surface area contributed by atoms with Gasteiger partial charge in [-0.15, -0.1) is 0 Å². The first-order valence-corrected chi connectivity index (χ1v) is 11.8. The van der Waals surface area contributed by atoms with Gasteiger partial charge >= 0.3 is 6.03 Å². The highest BCUT2D eigenvalue weighted by atomic mass is 16.5. The maximum Gasteiger partial charge on any atom is 0.322 e. The van der Waals surface area contributed by atoms with Crippen LogP contribution in [-0.2, 0) is 13.1 Å². The molecular weight excluding hydrogens is 440 g/mol. The number of rotatable bonds is 8. The molecule has 0 spiro atoms. The van der Waals surface area contributed by atoms with Gasteiger partial charge in [0, 0.05) is 24.8 Å². The van der Waals surface area contributed by atoms with Crippen molar-refractivity contribution in [3.05, 3.63) is 101 Å². The van der Waals surface area contributed by atoms with E-state index in [1.807, 2.05) is 80.6 Å². The number of para-hydroxylation sites is 1. The predicted molar refractivity (Wildman–Crippen MR) is 139 cm³/mol. The highest BCUT2D eigenvalue weighted by Gasteiger charge is 2.28. The number of aromatic nitrogens is 2. The van der Waals surface area contributed by atoms with Gasteiger partial charge in [-0.2, -0.15) is 0 Å². The minimum atomic E-state index is -0.418. The van der Waals surface area contributed by atoms with Crippen molar-refractivity contribution in [1.82, 2.24) is 14.5 Å². The van der Waals surface area contributed by atoms with Gasteiger partial charge in [-0.25, -0.2) is 9.78 Å². The lowest BCUT2D eigenvalue weighted by atomic mass is 10.1. The lowest BCUT2D eigenvalue weighted by molar-refractivity contribution is 0.175. The summed E-state index contributed by atoms with van der Waals surface area (Å²) in [6, 6.07) is 23.7. The summed E-state index contributed by atoms with van der Waals surface area (Å²) in [5.41, 5.74) is 2.14. The third kappa shape index (κ3) is 5.19. The summed E-state index contributed by atoms with van der Waals surface area (Å²) < 4.78 is 6.98. The number of carbonyl (C=O) groups is 1. The van der Waals surface area contributed by atoms with Crippen LogP contribution >= 0.6 is 0 Å². The Hall–Kier alpha value is -4.13. The van der Waals surface area contributed by atoms with Gasteiger partial charge in [-0.05, 0) is 43.2 Å². The number of benzene rings is 3. The fraction of sp³-hybridized carbons (Fsp3) is 0.250. The van der Waals surface area contributed by atoms with Gasteiger partial charge in [0.25, 0.3) is 5.56 Å². The molecular formula is C28H30N4O3. The summed E-state index contributed by atoms with van der Waals surface area (Å²) in [6.45, 7) is 4.75. The predicted octanol–water partition coefficient (Wildman–Crippen LogP) is 5.61. The normalized spacial score (nSPS) is 11.7. The Balaban J connectivity index is 1.79. The molecule has 0 aliphatic rings. The number of ether oxygens (including phenoxy) is 1. The molecule has 0 aliphatic heterocycles. The van der Waals surface area contributed by atoms with Crippen molar-refractivity contribution in [2.24, 2.45) is 0 Å². The molecule has 0 aliphatic carbocycles. The topological polar surface area (TPSA) is 76.5 Å². The molecule has 0 saturated heterocycles. The monoisotopic (exact) mass is 470 g/mol. The van der Waals surface area contributed by atoms with Crippen molar-refractivity contribution in [2.75, 3.05) is 12.4 Å². The van der Waals surface area contributed by atoms with Crippen molar-refractivity contribution < 1.29 is 9.53 Å². The SMILES string of the molecule is CCC(c1nc2ccccc2c(=O)n1CC)N(Cc1ccccc1)C(=O)Nc1cccc(OC)c1. The van der Waals surface area contributed by atoms with Crippen LogP contribution in [0.5, 0.6) is 5.75 Å². The Labute approximate surface area is 205 Å². The zero-order valence-corrected chi connectivity index (χ0v) is 20.3. The second-order valence-electron chi connectivity index (χ2n) is 8.24. The maximum atomic E-state index is 13.7. The molecule has 0 bridgehead atoms. The number of carbonyl (C=O) groups excluding carboxylic acids is 1. The molecule has 1 unspecified atom stereocenters. The third-order valence-electron chi connectivity index (χ3n) is 6.05. The van der Waals surface area contributed by atoms with Gasteiger partial charge in [0.1, 0.15) is 11.6 Å². The fourth-order valence-corrected chi connectivity index (χ4v) is 4.29. The van der Waals surface area contributed by atoms with E-state index in [9.17, 15) is 9.59 Å². The molecule has 3 aromatic carbocycles. The smallest absolute Gasteiger partial charge is 0.322 e. The first-order valence-electron chi connectivity index (χ1n) is 11.8. The Morgan fingerprint density at radius 1 is 1.03 bits per heavy atom. The number of nitrogens with one attached hydrogen (secondary N) is 1. The third-order valence-corrected chi connectivity index (χ3v) is 6.05. The van der Waals surface area contributed by atoms with Crippen LogP contribution in [0.3, 0.4) is 0 Å². The van der Waals surface area contributed by atoms with Gasteiger partial charge in [0.2, 0.25) is 0 Å². The molecule has 1 aromatic heterocycles. The number of hydrogen-bond acceptors (Lipinski definition) is 4. The van der Waals surface area contributed by atoms with Crippen LogP contribution in [0.25, 0.3) is 10.9 Å². The van der Waals surface area contributed by atoms with Gasteiger partial charge in [-0.3, -0.25) is 9.36 Å². The minimum absolute atomic E-state index is 0.0978. The van der Waals surface area contributed by atoms with Crippen LogP contribution in [0, 0.1) is 0 Å². The van der Waals surface area contributed by atoms with Crippen molar-refractivity contribution in [3.63, 3.8) is 0 Å². The second kappa shape index (κ2) is 10.9. The summed E-state index contributed by atoms with van der Waals surface area (Å²) in [4.78, 5) is 33.6. The van der Waals surface area contributed by atoms with Gasteiger partial charge in [-0.1, -0.05) is 55.5 Å². The van der Waals surface area contributed by atoms with Crippen LogP contribution in [0.2, 0.25) is 0 Å². The van der Waals surface area contributed by atoms with E-state index in [0.29, 0.717) is 47.7 Å². The molecule has 2 amide bonds. The number of urea groups is 1. The highest BCUT2D eigenvalue weighted by molar-refractivity contribution is 5.90. The Morgan fingerprint density at radius 3 is 2.49 bits per heavy atom. The molecule has 0 saturated carbocycles. The molecule has 7 nitrogen and oxygen atoms in total. The van der Waals surface area contributed by atoms with Crippen LogP contribution in [0.15, 0.2) is 83.7 Å². The van der Waals surface area contributed by atoms with E-state index in [1.54, 1.807) is 28.7 Å². The zero-order chi connectivity index (χ0) is 24.8. The van der Waals surface area contributed by atoms with Crippen molar-refractivity contribution in [3.8, 4) is 5.75 Å². The lowest BCUT2D eigenvalue weighted by Crippen LogP contribution is -2.40. The van der Waals surface area contributed by atoms with E-state index in [-0.39, 0.29) is 11.6 Å². The average Bonchev–Trinajstić information content (AvgIpc) is 2.89. The first-order chi connectivity index (χ1) is 17.0. The largest absolute Gasteiger partial charge is 0.497 e. The van der Waals surface area contributed by atoms with Crippen LogP contribution in [0.4, 0.5) is 10.5 Å². The second-order valence-corrected chi connectivity index (χ2v) is 8.24. The van der Waals surface area contributed by atoms with E-state index < -0.39 is 6.04 Å². The highest BCUT2D eigenvalue weighted by Crippen LogP contribution is 2.27. The molecule has 4 rings (SSSR count). The molecule has 35 heavy (non-hydrogen) atoms. The molecule has 0 fully saturated rings. The maximum absolute atomic E-state index is 13.7. The molecule has 7 heteroatoms. The summed E-state index contributed by atoms with van der Waals surface area (Å²) in [7, 11) is 1.59. The van der Waals surface area contributed by atoms with Crippen molar-refractivity contribution in [2.45, 2.75) is 39.4 Å². The number of hydrogen-bond donors (Lipinski definition) is 1. The fourth-order valence-electron chi connectivity index (χ4n) is 4.29. The van der Waals surface area contributed by atoms with Gasteiger partial charge < -0.3 is 15.0 Å². The Bertz CT molecular complexity index is 1370. The molecule has 1 heterocycles. The number of methoxy groups -OCH3 is 1. The molecule has 4 aromatic rings. The van der Waals surface area contributed by atoms with E-state index in [4.69, 9.17) is 9.72 Å². The number of nitrogens with zero attached hydrogens (tertiary/aromatic N) is 3. The van der Waals surface area contributed by atoms with Crippen molar-refractivity contribution in [1.29, 1.82) is 0 Å². The minimum Gasteiger partial charge on any atom is -0.497 e. The van der Waals surface area contributed by atoms with Crippen molar-refractivity contribution >= 4 is 22.6 Å². The molecule has 1 atom stereocenters. The summed E-state index contributed by atoms with van der Waals surface area (Å²) in [6.07, 6.45) is 0.586. The molecule has 180 valence electrons. The van der Waals surface area contributed by atoms with Crippen LogP contribution in [-0.4, -0.2) is 27.6 Å². The lowest BCUT2D eigenvalue weighted by Gasteiger charge is -2.32. The van der Waals surface area contributed by atoms with E-state index in [0.717, 1.165) is 5.56 Å². The quantitative estimate of drug-likeness (QED) is 0.363. The number of fused-ring (bicyclic) bond motifs is 1. The molecule has 0 radical (unpaired) electrons. The summed E-state index contributed by atoms with van der Waals surface area (Å²) >= 11 is 0. The Kier molecular flexibility index (Phi) is 7.45. The molecule has 1 N–H and O–H groups in total. The number of anilines is 1. The van der Waals surface area contributed by atoms with Gasteiger partial charge in [0.05, 0.1) is 24.1 Å². The van der Waals surface area contributed by atoms with E-state index in [2.05, 4.69) is 5.32 Å². The van der Waals surface area contributed by atoms with Crippen LogP contribution in [0.1, 0.15) is 37.7 Å². The summed E-state index contributed by atoms with van der Waals surface area (Å²) in [5, 5.41) is 3.58. The first kappa shape index (κ1) is 24.0. The standard InChI is InChI=1S/C28H30N4O3/c1-4-25(26-30-24-17-10-9-16-23(24)27(33)31(26)5-2)32(19-20-12-7-6-8-13-20)28(34)29-21-14-11-15-22(18-21)35-3/h6-18,25H,4-5,19H2,1-3H3,(H,29,34). The van der Waals surface area contributed by atoms with Crippen LogP contribution < -0.4 is 15.6 Å². The number of amides is 2. The zero-order valence-electron chi connectivity index (χ0n) is 20.3. The average molecular weight is 471 g/mol. The Morgan fingerprint density at radius 2 is 1.77 bits per heavy atom. The summed E-state index contributed by atoms with van der Waals surface area (Å²) in [5.74, 6) is 1.23. The van der Waals surface area contributed by atoms with E-state index >= 15 is 0 Å². The van der Waals surface area contributed by atoms with E-state index in [1.165, 1.54) is 0 Å².